The van der Waals surface area contributed by atoms with Gasteiger partial charge in [-0.15, -0.1) is 0 Å². The Morgan fingerprint density at radius 2 is 1.79 bits per heavy atom. The van der Waals surface area contributed by atoms with Crippen molar-refractivity contribution in [1.29, 1.82) is 0 Å². The van der Waals surface area contributed by atoms with Crippen molar-refractivity contribution in [3.63, 3.8) is 0 Å². The third-order valence-corrected chi connectivity index (χ3v) is 5.54. The number of amides is 2. The summed E-state index contributed by atoms with van der Waals surface area (Å²) in [4.78, 5) is 26.9. The van der Waals surface area contributed by atoms with E-state index in [-0.39, 0.29) is 33.9 Å². The van der Waals surface area contributed by atoms with E-state index in [0.717, 1.165) is 5.56 Å². The molecule has 1 N–H and O–H groups in total. The molecule has 0 unspecified atom stereocenters. The van der Waals surface area contributed by atoms with Gasteiger partial charge in [-0.3, -0.25) is 19.8 Å². The standard InChI is InChI=1S/C25H18ClFN2O4S/c1-32-21-13-16(12-20(26)22(21)33-14-15-7-9-17(27)10-8-15)11-19-23(30)28-25(34)29(24(19)31)18-5-3-2-4-6-18/h2-13H,14H2,1H3,(H,28,30,34)/b19-11-. The van der Waals surface area contributed by atoms with Crippen LogP contribution in [0, 0.1) is 5.82 Å². The molecule has 34 heavy (non-hydrogen) atoms. The summed E-state index contributed by atoms with van der Waals surface area (Å²) in [6.45, 7) is 0.140. The molecule has 1 aliphatic rings. The van der Waals surface area contributed by atoms with Crippen LogP contribution in [0.1, 0.15) is 11.1 Å². The number of methoxy groups -OCH3 is 1. The Balaban J connectivity index is 1.63. The predicted molar refractivity (Wildman–Crippen MR) is 131 cm³/mol. The van der Waals surface area contributed by atoms with Gasteiger partial charge in [0, 0.05) is 0 Å². The van der Waals surface area contributed by atoms with Crippen LogP contribution in [0.5, 0.6) is 11.5 Å². The summed E-state index contributed by atoms with van der Waals surface area (Å²) in [5.74, 6) is -0.937. The lowest BCUT2D eigenvalue weighted by Crippen LogP contribution is -2.54. The number of carbonyl (C=O) groups excluding carboxylic acids is 2. The van der Waals surface area contributed by atoms with E-state index in [1.54, 1.807) is 48.5 Å². The lowest BCUT2D eigenvalue weighted by Gasteiger charge is -2.28. The van der Waals surface area contributed by atoms with Crippen LogP contribution in [0.2, 0.25) is 5.02 Å². The van der Waals surface area contributed by atoms with E-state index in [2.05, 4.69) is 5.32 Å². The number of halogens is 2. The van der Waals surface area contributed by atoms with E-state index in [4.69, 9.17) is 33.3 Å². The molecule has 0 saturated carbocycles. The number of anilines is 1. The number of ether oxygens (including phenoxy) is 2. The molecule has 0 atom stereocenters. The Bertz CT molecular complexity index is 1300. The summed E-state index contributed by atoms with van der Waals surface area (Å²) < 4.78 is 24.3. The van der Waals surface area contributed by atoms with Crippen molar-refractivity contribution in [3.05, 3.63) is 94.3 Å². The Labute approximate surface area is 205 Å². The fraction of sp³-hybridized carbons (Fsp3) is 0.0800. The molecule has 9 heteroatoms. The van der Waals surface area contributed by atoms with Crippen molar-refractivity contribution in [2.24, 2.45) is 0 Å². The third kappa shape index (κ3) is 4.93. The number of nitrogens with one attached hydrogen (secondary N) is 1. The van der Waals surface area contributed by atoms with E-state index < -0.39 is 11.8 Å². The first-order chi connectivity index (χ1) is 16.4. The van der Waals surface area contributed by atoms with Crippen LogP contribution in [0.15, 0.2) is 72.3 Å². The fourth-order valence-corrected chi connectivity index (χ4v) is 3.89. The first kappa shape index (κ1) is 23.4. The minimum absolute atomic E-state index is 0.00139. The summed E-state index contributed by atoms with van der Waals surface area (Å²) >= 11 is 11.6. The van der Waals surface area contributed by atoms with E-state index in [9.17, 15) is 14.0 Å². The van der Waals surface area contributed by atoms with Crippen LogP contribution in [0.3, 0.4) is 0 Å². The maximum absolute atomic E-state index is 13.1. The minimum atomic E-state index is -0.617. The van der Waals surface area contributed by atoms with Crippen molar-refractivity contribution >= 4 is 52.5 Å². The Morgan fingerprint density at radius 1 is 1.09 bits per heavy atom. The summed E-state index contributed by atoms with van der Waals surface area (Å²) in [6.07, 6.45) is 1.41. The molecule has 4 rings (SSSR count). The smallest absolute Gasteiger partial charge is 0.270 e. The normalized spacial score (nSPS) is 14.9. The molecular formula is C25H18ClFN2O4S. The average molecular weight is 497 g/mol. The van der Waals surface area contributed by atoms with Gasteiger partial charge >= 0.3 is 0 Å². The van der Waals surface area contributed by atoms with Crippen LogP contribution < -0.4 is 19.7 Å². The van der Waals surface area contributed by atoms with Gasteiger partial charge in [-0.2, -0.15) is 0 Å². The molecule has 172 valence electrons. The van der Waals surface area contributed by atoms with Gasteiger partial charge < -0.3 is 9.47 Å². The van der Waals surface area contributed by atoms with Gasteiger partial charge in [0.15, 0.2) is 16.6 Å². The molecule has 0 aliphatic carbocycles. The maximum atomic E-state index is 13.1. The number of hydrogen-bond acceptors (Lipinski definition) is 5. The van der Waals surface area contributed by atoms with Gasteiger partial charge in [-0.1, -0.05) is 41.9 Å². The summed E-state index contributed by atoms with van der Waals surface area (Å²) in [5, 5.41) is 2.75. The fourth-order valence-electron chi connectivity index (χ4n) is 3.34. The number of benzene rings is 3. The zero-order chi connectivity index (χ0) is 24.2. The highest BCUT2D eigenvalue weighted by Gasteiger charge is 2.34. The zero-order valence-electron chi connectivity index (χ0n) is 17.9. The van der Waals surface area contributed by atoms with Crippen LogP contribution >= 0.6 is 23.8 Å². The van der Waals surface area contributed by atoms with Crippen LogP contribution in [0.4, 0.5) is 10.1 Å². The first-order valence-corrected chi connectivity index (χ1v) is 10.9. The van der Waals surface area contributed by atoms with E-state index in [1.807, 2.05) is 6.07 Å². The largest absolute Gasteiger partial charge is 0.493 e. The molecule has 6 nitrogen and oxygen atoms in total. The van der Waals surface area contributed by atoms with E-state index in [1.165, 1.54) is 30.2 Å². The molecular weight excluding hydrogens is 479 g/mol. The molecule has 1 saturated heterocycles. The zero-order valence-corrected chi connectivity index (χ0v) is 19.5. The topological polar surface area (TPSA) is 67.9 Å². The number of nitrogens with zero attached hydrogens (tertiary/aromatic N) is 1. The molecule has 0 bridgehead atoms. The molecule has 0 spiro atoms. The summed E-state index contributed by atoms with van der Waals surface area (Å²) in [6, 6.07) is 17.8. The Hall–Kier alpha value is -3.75. The minimum Gasteiger partial charge on any atom is -0.493 e. The van der Waals surface area contributed by atoms with Gasteiger partial charge in [0.2, 0.25) is 0 Å². The number of thiocarbonyl (C=S) groups is 1. The summed E-state index contributed by atoms with van der Waals surface area (Å²) in [7, 11) is 1.45. The predicted octanol–water partition coefficient (Wildman–Crippen LogP) is 4.90. The van der Waals surface area contributed by atoms with E-state index >= 15 is 0 Å². The van der Waals surface area contributed by atoms with Gasteiger partial charge in [-0.05, 0) is 65.8 Å². The molecule has 0 aromatic heterocycles. The summed E-state index contributed by atoms with van der Waals surface area (Å²) in [5.41, 5.74) is 1.61. The molecule has 3 aromatic rings. The van der Waals surface area contributed by atoms with Gasteiger partial charge in [0.05, 0.1) is 17.8 Å². The van der Waals surface area contributed by atoms with Crippen molar-refractivity contribution in [2.75, 3.05) is 12.0 Å². The highest BCUT2D eigenvalue weighted by atomic mass is 35.5. The van der Waals surface area contributed by atoms with Gasteiger partial charge in [0.1, 0.15) is 18.0 Å². The molecule has 3 aromatic carbocycles. The van der Waals surface area contributed by atoms with Crippen molar-refractivity contribution in [3.8, 4) is 11.5 Å². The first-order valence-electron chi connectivity index (χ1n) is 10.1. The molecule has 1 heterocycles. The van der Waals surface area contributed by atoms with Crippen molar-refractivity contribution < 1.29 is 23.5 Å². The van der Waals surface area contributed by atoms with E-state index in [0.29, 0.717) is 17.0 Å². The van der Waals surface area contributed by atoms with Crippen LogP contribution in [-0.4, -0.2) is 24.0 Å². The van der Waals surface area contributed by atoms with Gasteiger partial charge in [-0.25, -0.2) is 4.39 Å². The second-order valence-electron chi connectivity index (χ2n) is 7.24. The lowest BCUT2D eigenvalue weighted by molar-refractivity contribution is -0.122. The van der Waals surface area contributed by atoms with Crippen molar-refractivity contribution in [1.82, 2.24) is 5.32 Å². The Kier molecular flexibility index (Phi) is 6.90. The number of carbonyl (C=O) groups is 2. The second kappa shape index (κ2) is 10.0. The lowest BCUT2D eigenvalue weighted by atomic mass is 10.1. The number of rotatable bonds is 6. The third-order valence-electron chi connectivity index (χ3n) is 4.98. The maximum Gasteiger partial charge on any atom is 0.270 e. The molecule has 2 amide bonds. The number of hydrogen-bond donors (Lipinski definition) is 1. The van der Waals surface area contributed by atoms with Crippen LogP contribution in [-0.2, 0) is 16.2 Å². The molecule has 1 aliphatic heterocycles. The Morgan fingerprint density at radius 3 is 2.47 bits per heavy atom. The van der Waals surface area contributed by atoms with Gasteiger partial charge in [0.25, 0.3) is 11.8 Å². The van der Waals surface area contributed by atoms with Crippen LogP contribution in [0.25, 0.3) is 6.08 Å². The number of para-hydroxylation sites is 1. The SMILES string of the molecule is COc1cc(/C=C2/C(=O)NC(=S)N(c3ccccc3)C2=O)cc(Cl)c1OCc1ccc(F)cc1. The highest BCUT2D eigenvalue weighted by molar-refractivity contribution is 7.80. The monoisotopic (exact) mass is 496 g/mol. The quantitative estimate of drug-likeness (QED) is 0.299. The van der Waals surface area contributed by atoms with Crippen molar-refractivity contribution in [2.45, 2.75) is 6.61 Å². The highest BCUT2D eigenvalue weighted by Crippen LogP contribution is 2.38. The second-order valence-corrected chi connectivity index (χ2v) is 8.04. The molecule has 1 fully saturated rings. The average Bonchev–Trinajstić information content (AvgIpc) is 2.82. The molecule has 0 radical (unpaired) electrons.